The summed E-state index contributed by atoms with van der Waals surface area (Å²) in [7, 11) is 6.90. The summed E-state index contributed by atoms with van der Waals surface area (Å²) in [5, 5.41) is 50.6. The summed E-state index contributed by atoms with van der Waals surface area (Å²) in [5.41, 5.74) is 21.0. The molecular weight excluding hydrogens is 1390 g/mol. The van der Waals surface area contributed by atoms with Crippen LogP contribution in [0.25, 0.3) is 32.7 Å². The lowest BCUT2D eigenvalue weighted by Crippen LogP contribution is -2.29. The zero-order chi connectivity index (χ0) is 72.6. The Kier molecular flexibility index (Phi) is 34.5. The average Bonchev–Trinajstić information content (AvgIpc) is 0.808. The Morgan fingerprint density at radius 3 is 1.56 bits per heavy atom. The number of nitrogen functional groups attached to an aromatic ring is 2. The molecule has 522 valence electrons. The van der Waals surface area contributed by atoms with Crippen molar-refractivity contribution in [2.45, 2.75) is 71.2 Å². The molecule has 22 nitrogen and oxygen atoms in total. The highest BCUT2D eigenvalue weighted by molar-refractivity contribution is 14.1. The van der Waals surface area contributed by atoms with Crippen LogP contribution in [-0.4, -0.2) is 109 Å². The Labute approximate surface area is 600 Å². The number of pyridine rings is 4. The first-order valence-corrected chi connectivity index (χ1v) is 33.3. The van der Waals surface area contributed by atoms with E-state index in [1.165, 1.54) is 36.0 Å². The van der Waals surface area contributed by atoms with Gasteiger partial charge in [0.2, 0.25) is 28.0 Å². The molecule has 12 rings (SSSR count). The van der Waals surface area contributed by atoms with Crippen molar-refractivity contribution < 1.29 is 29.9 Å². The predicted octanol–water partition coefficient (Wildman–Crippen LogP) is 9.75. The first-order chi connectivity index (χ1) is 49.1. The van der Waals surface area contributed by atoms with Crippen LogP contribution in [0.15, 0.2) is 221 Å². The van der Waals surface area contributed by atoms with Crippen molar-refractivity contribution in [3.63, 3.8) is 0 Å². The smallest absolute Gasteiger partial charge is 0.213 e. The fourth-order valence-corrected chi connectivity index (χ4v) is 10.3. The lowest BCUT2D eigenvalue weighted by atomic mass is 10.1. The summed E-state index contributed by atoms with van der Waals surface area (Å²) in [4.78, 5) is 55.2. The average molecular weight is 1470 g/mol. The standard InChI is InChI=1S/C25H27N5O2.C16H20N2O.C10H10N2O2.C9H8N2O2.C9H9NO.C6H6IN.C3H4O/c1-29-23-10-4-3-9-21(23)25(31)22(28-29)18-30(14-6-8-19-7-5-12-26-16-19)17-20-11-13-27-24(15-20)32-2;1-19-16-12-14(9-11-18-16)6-3-2-4-7-15-8-5-10-17-13-15;1-12-9-5-3-2-4-7(9)10(14)8(6-13)11-12;12-5-8-9(13)6-3-1-2-4-7(6)10-11-8;10-9-6-2-1-4-8(9)5-3-7-11;7-5-3-1-2-4-6(5)8;1-2-3-4/h3-5,7,9-13,15-16H,6,8,14,17-18H2,1-2H3;5,8-13H,2-4,6-7H2,1H3;2-5,13H,6H2,1H3;1-4,12H,5H2,(H,10,13);1-2,4,6,11H,7,10H2;1-4H,8H2;1,4H,3H2. The van der Waals surface area contributed by atoms with Crippen LogP contribution >= 0.6 is 22.6 Å². The monoisotopic (exact) mass is 1470 g/mol. The van der Waals surface area contributed by atoms with Gasteiger partial charge in [-0.2, -0.15) is 15.3 Å². The molecule has 0 aliphatic carbocycles. The lowest BCUT2D eigenvalue weighted by molar-refractivity contribution is 0.247. The number of unbranched alkanes of at least 4 members (excludes halogenated alkanes) is 2. The van der Waals surface area contributed by atoms with E-state index in [0.717, 1.165) is 63.6 Å². The second kappa shape index (κ2) is 44.1. The normalized spacial score (nSPS) is 10.2. The lowest BCUT2D eigenvalue weighted by Gasteiger charge is -2.22. The molecule has 0 saturated carbocycles. The molecule has 7 heterocycles. The molecule has 0 aliphatic rings. The number of rotatable bonds is 18. The zero-order valence-electron chi connectivity index (χ0n) is 56.9. The SMILES string of the molecule is C#CCO.COc1cc(CCCCCc2cccnc2)ccn1.COc1cc(CN(CCCc2cccnc2)Cc2nn(C)c3ccccc3c2=O)ccn1.Cn1nc(CO)c(=O)c2ccccc21.Nc1ccccc1C#CCO.Nc1ccccc1I.O=c1c(CO)n[nH]c2ccccc12. The number of ether oxygens (including phenoxy) is 2. The third-order valence-corrected chi connectivity index (χ3v) is 16.0. The van der Waals surface area contributed by atoms with Gasteiger partial charge in [-0.05, 0) is 175 Å². The van der Waals surface area contributed by atoms with Crippen molar-refractivity contribution in [3.8, 4) is 35.9 Å². The molecule has 101 heavy (non-hydrogen) atoms. The van der Waals surface area contributed by atoms with Gasteiger partial charge in [-0.1, -0.05) is 97.0 Å². The highest BCUT2D eigenvalue weighted by Crippen LogP contribution is 2.18. The maximum absolute atomic E-state index is 13.1. The van der Waals surface area contributed by atoms with Crippen LogP contribution in [0.2, 0.25) is 0 Å². The third kappa shape index (κ3) is 26.3. The second-order valence-corrected chi connectivity index (χ2v) is 23.3. The molecule has 12 aromatic rings. The van der Waals surface area contributed by atoms with Crippen LogP contribution in [0.1, 0.15) is 70.6 Å². The number of aromatic nitrogens is 10. The van der Waals surface area contributed by atoms with Crippen LogP contribution in [0.3, 0.4) is 0 Å². The molecule has 7 aromatic heterocycles. The van der Waals surface area contributed by atoms with Gasteiger partial charge in [-0.15, -0.1) is 6.42 Å². The topological polar surface area (TPSA) is 322 Å². The maximum Gasteiger partial charge on any atom is 0.213 e. The van der Waals surface area contributed by atoms with E-state index in [9.17, 15) is 14.4 Å². The van der Waals surface area contributed by atoms with Gasteiger partial charge < -0.3 is 41.4 Å². The molecule has 9 N–H and O–H groups in total. The Hall–Kier alpha value is -11.0. The molecule has 23 heteroatoms. The predicted molar refractivity (Wildman–Crippen MR) is 406 cm³/mol. The summed E-state index contributed by atoms with van der Waals surface area (Å²) in [6.45, 7) is 1.02. The largest absolute Gasteiger partial charge is 0.481 e. The maximum atomic E-state index is 13.1. The molecule has 0 spiro atoms. The van der Waals surface area contributed by atoms with Gasteiger partial charge in [0, 0.05) is 113 Å². The van der Waals surface area contributed by atoms with Gasteiger partial charge >= 0.3 is 0 Å². The molecule has 5 aromatic carbocycles. The van der Waals surface area contributed by atoms with Crippen LogP contribution in [-0.2, 0) is 59.7 Å². The van der Waals surface area contributed by atoms with E-state index >= 15 is 0 Å². The molecule has 0 amide bonds. The molecule has 0 atom stereocenters. The van der Waals surface area contributed by atoms with Crippen LogP contribution in [0.4, 0.5) is 11.4 Å². The minimum Gasteiger partial charge on any atom is -0.481 e. The number of nitrogens with two attached hydrogens (primary N) is 2. The first-order valence-electron chi connectivity index (χ1n) is 32.2. The zero-order valence-corrected chi connectivity index (χ0v) is 59.1. The van der Waals surface area contributed by atoms with Crippen molar-refractivity contribution in [1.82, 2.24) is 54.6 Å². The van der Waals surface area contributed by atoms with Crippen LogP contribution in [0, 0.1) is 27.8 Å². The van der Waals surface area contributed by atoms with Crippen molar-refractivity contribution in [2.24, 2.45) is 14.1 Å². The van der Waals surface area contributed by atoms with Gasteiger partial charge in [0.1, 0.15) is 30.3 Å². The third-order valence-electron chi connectivity index (χ3n) is 15.0. The summed E-state index contributed by atoms with van der Waals surface area (Å²) < 4.78 is 14.9. The number of H-pyrrole nitrogens is 1. The molecule has 0 aliphatic heterocycles. The van der Waals surface area contributed by atoms with E-state index in [0.29, 0.717) is 57.9 Å². The molecular formula is C78H84IN13O9. The Morgan fingerprint density at radius 1 is 0.535 bits per heavy atom. The van der Waals surface area contributed by atoms with Crippen LogP contribution < -0.4 is 37.2 Å². The number of para-hydroxylation sites is 5. The summed E-state index contributed by atoms with van der Waals surface area (Å²) in [5.74, 6) is 8.54. The van der Waals surface area contributed by atoms with Gasteiger partial charge in [-0.25, -0.2) is 9.97 Å². The summed E-state index contributed by atoms with van der Waals surface area (Å²) in [6.07, 6.45) is 23.3. The van der Waals surface area contributed by atoms with Gasteiger partial charge in [0.25, 0.3) is 0 Å². The number of nitrogens with one attached hydrogen (secondary N) is 1. The highest BCUT2D eigenvalue weighted by atomic mass is 127. The molecule has 0 radical (unpaired) electrons. The van der Waals surface area contributed by atoms with E-state index in [1.807, 2.05) is 153 Å². The van der Waals surface area contributed by atoms with Crippen molar-refractivity contribution in [2.75, 3.05) is 45.4 Å². The number of halogens is 1. The number of hydrogen-bond acceptors (Lipinski definition) is 19. The van der Waals surface area contributed by atoms with Gasteiger partial charge in [0.05, 0.1) is 44.0 Å². The number of benzene rings is 5. The number of fused-ring (bicyclic) bond motifs is 3. The minimum atomic E-state index is -0.333. The fourth-order valence-electron chi connectivity index (χ4n) is 9.91. The molecule has 0 fully saturated rings. The van der Waals surface area contributed by atoms with Gasteiger partial charge in [0.15, 0.2) is 0 Å². The first kappa shape index (κ1) is 79.0. The van der Waals surface area contributed by atoms with E-state index in [4.69, 9.17) is 41.4 Å². The number of aryl methyl sites for hydroxylation is 5. The van der Waals surface area contributed by atoms with Crippen molar-refractivity contribution in [1.29, 1.82) is 0 Å². The van der Waals surface area contributed by atoms with Crippen LogP contribution in [0.5, 0.6) is 11.8 Å². The van der Waals surface area contributed by atoms with Crippen molar-refractivity contribution >= 4 is 66.7 Å². The molecule has 0 unspecified atom stereocenters. The Bertz CT molecular complexity index is 4770. The second-order valence-electron chi connectivity index (χ2n) is 22.1. The summed E-state index contributed by atoms with van der Waals surface area (Å²) >= 11 is 2.20. The summed E-state index contributed by atoms with van der Waals surface area (Å²) in [6, 6.07) is 53.1. The highest BCUT2D eigenvalue weighted by Gasteiger charge is 2.16. The molecule has 0 saturated heterocycles. The number of aliphatic hydroxyl groups excluding tert-OH is 4. The number of hydrogen-bond donors (Lipinski definition) is 7. The quantitative estimate of drug-likeness (QED) is 0.0182. The fraction of sp³-hybridized carbons (Fsp3) is 0.231. The number of nitrogens with zero attached hydrogens (tertiary/aromatic N) is 10. The number of methoxy groups -OCH3 is 2. The van der Waals surface area contributed by atoms with E-state index in [1.54, 1.807) is 79.4 Å². The van der Waals surface area contributed by atoms with E-state index in [2.05, 4.69) is 104 Å². The minimum absolute atomic E-state index is 0.0109. The number of anilines is 2. The number of terminal acetylenes is 1. The van der Waals surface area contributed by atoms with E-state index < -0.39 is 0 Å². The van der Waals surface area contributed by atoms with Gasteiger partial charge in [-0.3, -0.25) is 43.7 Å². The van der Waals surface area contributed by atoms with E-state index in [-0.39, 0.29) is 54.1 Å². The van der Waals surface area contributed by atoms with Crippen molar-refractivity contribution in [3.05, 3.63) is 286 Å². The Balaban J connectivity index is 0.000000200. The molecule has 0 bridgehead atoms. The number of aliphatic hydroxyl groups is 4. The number of aromatic amines is 1. The Morgan fingerprint density at radius 2 is 1.03 bits per heavy atom.